The van der Waals surface area contributed by atoms with E-state index in [0.717, 1.165) is 4.48 Å². The van der Waals surface area contributed by atoms with Gasteiger partial charge in [-0.2, -0.15) is 0 Å². The number of fused-ring (bicyclic) bond motifs is 1. The molecule has 0 unspecified atom stereocenters. The van der Waals surface area contributed by atoms with Crippen LogP contribution in [0.1, 0.15) is 20.3 Å². The Kier molecular flexibility index (Phi) is 2.27. The van der Waals surface area contributed by atoms with Crippen molar-refractivity contribution in [1.29, 1.82) is 0 Å². The summed E-state index contributed by atoms with van der Waals surface area (Å²) in [6.07, 6.45) is 2.01. The largest absolute Gasteiger partial charge is 0.388 e. The van der Waals surface area contributed by atoms with Crippen LogP contribution in [-0.4, -0.2) is 29.2 Å². The predicted octanol–water partition coefficient (Wildman–Crippen LogP) is 1.55. The molecular formula is C9H13BrO3. The zero-order valence-corrected chi connectivity index (χ0v) is 9.24. The van der Waals surface area contributed by atoms with Crippen molar-refractivity contribution >= 4 is 15.9 Å². The van der Waals surface area contributed by atoms with Gasteiger partial charge in [-0.1, -0.05) is 15.9 Å². The molecule has 0 aromatic carbocycles. The highest BCUT2D eigenvalue weighted by Crippen LogP contribution is 2.37. The quantitative estimate of drug-likeness (QED) is 0.707. The third-order valence-electron chi connectivity index (χ3n) is 2.32. The zero-order valence-electron chi connectivity index (χ0n) is 7.66. The maximum atomic E-state index is 9.54. The fourth-order valence-electron chi connectivity index (χ4n) is 1.79. The van der Waals surface area contributed by atoms with E-state index in [4.69, 9.17) is 9.47 Å². The van der Waals surface area contributed by atoms with Crippen LogP contribution in [0.15, 0.2) is 10.6 Å². The van der Waals surface area contributed by atoms with E-state index in [-0.39, 0.29) is 12.2 Å². The smallest absolute Gasteiger partial charge is 0.164 e. The molecule has 1 N–H and O–H groups in total. The molecule has 2 rings (SSSR count). The summed E-state index contributed by atoms with van der Waals surface area (Å²) >= 11 is 3.30. The van der Waals surface area contributed by atoms with Crippen LogP contribution in [0.3, 0.4) is 0 Å². The van der Waals surface area contributed by atoms with E-state index in [1.165, 1.54) is 0 Å². The van der Waals surface area contributed by atoms with Crippen molar-refractivity contribution in [3.05, 3.63) is 10.6 Å². The minimum Gasteiger partial charge on any atom is -0.388 e. The molecule has 3 atom stereocenters. The van der Waals surface area contributed by atoms with Gasteiger partial charge in [-0.25, -0.2) is 0 Å². The predicted molar refractivity (Wildman–Crippen MR) is 51.5 cm³/mol. The van der Waals surface area contributed by atoms with E-state index in [1.807, 2.05) is 19.9 Å². The second kappa shape index (κ2) is 3.05. The van der Waals surface area contributed by atoms with Crippen molar-refractivity contribution in [3.8, 4) is 0 Å². The Balaban J connectivity index is 2.17. The van der Waals surface area contributed by atoms with Gasteiger partial charge in [0.05, 0.1) is 12.2 Å². The SMILES string of the molecule is CC1(C)O[C@H]2C=C(Br)[C@@H](O)C[C@H]2O1. The molecule has 0 bridgehead atoms. The highest BCUT2D eigenvalue weighted by molar-refractivity contribution is 9.11. The molecule has 1 saturated heterocycles. The molecule has 0 aromatic heterocycles. The number of aliphatic hydroxyl groups excluding tert-OH is 1. The molecule has 74 valence electrons. The molecule has 0 aromatic rings. The number of ether oxygens (including phenoxy) is 2. The Morgan fingerprint density at radius 1 is 1.54 bits per heavy atom. The Labute approximate surface area is 85.8 Å². The van der Waals surface area contributed by atoms with Crippen molar-refractivity contribution in [3.63, 3.8) is 0 Å². The van der Waals surface area contributed by atoms with Crippen molar-refractivity contribution < 1.29 is 14.6 Å². The standard InChI is InChI=1S/C9H13BrO3/c1-9(2)12-7-3-5(10)6(11)4-8(7)13-9/h3,6-8,11H,4H2,1-2H3/t6-,7-,8+/m0/s1. The Morgan fingerprint density at radius 2 is 2.23 bits per heavy atom. The van der Waals surface area contributed by atoms with Crippen LogP contribution >= 0.6 is 15.9 Å². The van der Waals surface area contributed by atoms with Gasteiger partial charge in [0.2, 0.25) is 0 Å². The summed E-state index contributed by atoms with van der Waals surface area (Å²) in [6.45, 7) is 3.78. The van der Waals surface area contributed by atoms with E-state index in [0.29, 0.717) is 6.42 Å². The average molecular weight is 249 g/mol. The Bertz CT molecular complexity index is 249. The van der Waals surface area contributed by atoms with E-state index >= 15 is 0 Å². The van der Waals surface area contributed by atoms with Gasteiger partial charge in [-0.15, -0.1) is 0 Å². The number of hydrogen-bond donors (Lipinski definition) is 1. The van der Waals surface area contributed by atoms with Crippen molar-refractivity contribution in [1.82, 2.24) is 0 Å². The molecular weight excluding hydrogens is 236 g/mol. The lowest BCUT2D eigenvalue weighted by Crippen LogP contribution is -2.31. The minimum atomic E-state index is -0.525. The third kappa shape index (κ3) is 1.81. The first-order valence-corrected chi connectivity index (χ1v) is 5.18. The monoisotopic (exact) mass is 248 g/mol. The maximum absolute atomic E-state index is 9.54. The highest BCUT2D eigenvalue weighted by atomic mass is 79.9. The van der Waals surface area contributed by atoms with Gasteiger partial charge < -0.3 is 14.6 Å². The summed E-state index contributed by atoms with van der Waals surface area (Å²) < 4.78 is 12.1. The van der Waals surface area contributed by atoms with Crippen LogP contribution < -0.4 is 0 Å². The number of hydrogen-bond acceptors (Lipinski definition) is 3. The van der Waals surface area contributed by atoms with Gasteiger partial charge in [-0.3, -0.25) is 0 Å². The molecule has 1 fully saturated rings. The zero-order chi connectivity index (χ0) is 9.64. The first-order chi connectivity index (χ1) is 5.98. The molecule has 0 saturated carbocycles. The van der Waals surface area contributed by atoms with Crippen LogP contribution in [0.25, 0.3) is 0 Å². The molecule has 0 amide bonds. The molecule has 13 heavy (non-hydrogen) atoms. The molecule has 0 radical (unpaired) electrons. The first-order valence-electron chi connectivity index (χ1n) is 4.39. The van der Waals surface area contributed by atoms with Crippen LogP contribution in [0.4, 0.5) is 0 Å². The number of aliphatic hydroxyl groups is 1. The lowest BCUT2D eigenvalue weighted by Gasteiger charge is -2.23. The Morgan fingerprint density at radius 3 is 2.92 bits per heavy atom. The lowest BCUT2D eigenvalue weighted by atomic mass is 10.00. The van der Waals surface area contributed by atoms with Crippen molar-refractivity contribution in [2.45, 2.75) is 44.4 Å². The van der Waals surface area contributed by atoms with Gasteiger partial charge in [0.1, 0.15) is 6.10 Å². The third-order valence-corrected chi connectivity index (χ3v) is 3.11. The van der Waals surface area contributed by atoms with E-state index in [9.17, 15) is 5.11 Å². The van der Waals surface area contributed by atoms with Crippen molar-refractivity contribution in [2.75, 3.05) is 0 Å². The summed E-state index contributed by atoms with van der Waals surface area (Å²) in [5.41, 5.74) is 0. The topological polar surface area (TPSA) is 38.7 Å². The van der Waals surface area contributed by atoms with E-state index < -0.39 is 11.9 Å². The molecule has 0 spiro atoms. The molecule has 4 heteroatoms. The van der Waals surface area contributed by atoms with Gasteiger partial charge in [0.25, 0.3) is 0 Å². The van der Waals surface area contributed by atoms with Gasteiger partial charge in [-0.05, 0) is 19.9 Å². The second-order valence-electron chi connectivity index (χ2n) is 3.94. The van der Waals surface area contributed by atoms with Crippen LogP contribution in [-0.2, 0) is 9.47 Å². The highest BCUT2D eigenvalue weighted by Gasteiger charge is 2.43. The number of rotatable bonds is 0. The Hall–Kier alpha value is 0.1000. The summed E-state index contributed by atoms with van der Waals surface area (Å²) in [6, 6.07) is 0. The molecule has 3 nitrogen and oxygen atoms in total. The summed E-state index contributed by atoms with van der Waals surface area (Å²) in [5.74, 6) is -0.525. The summed E-state index contributed by atoms with van der Waals surface area (Å²) in [4.78, 5) is 0. The average Bonchev–Trinajstić information content (AvgIpc) is 2.24. The van der Waals surface area contributed by atoms with E-state index in [1.54, 1.807) is 0 Å². The minimum absolute atomic E-state index is 0.00806. The molecule has 1 aliphatic carbocycles. The molecule has 2 aliphatic rings. The normalized spacial score (nSPS) is 42.8. The van der Waals surface area contributed by atoms with E-state index in [2.05, 4.69) is 15.9 Å². The van der Waals surface area contributed by atoms with Gasteiger partial charge in [0, 0.05) is 10.9 Å². The van der Waals surface area contributed by atoms with Gasteiger partial charge >= 0.3 is 0 Å². The number of halogens is 1. The fraction of sp³-hybridized carbons (Fsp3) is 0.778. The van der Waals surface area contributed by atoms with Crippen molar-refractivity contribution in [2.24, 2.45) is 0 Å². The summed E-state index contributed by atoms with van der Waals surface area (Å²) in [5, 5.41) is 9.54. The molecule has 1 heterocycles. The maximum Gasteiger partial charge on any atom is 0.164 e. The lowest BCUT2D eigenvalue weighted by molar-refractivity contribution is -0.144. The summed E-state index contributed by atoms with van der Waals surface area (Å²) in [7, 11) is 0. The van der Waals surface area contributed by atoms with Crippen LogP contribution in [0.2, 0.25) is 0 Å². The second-order valence-corrected chi connectivity index (χ2v) is 4.86. The molecule has 1 aliphatic heterocycles. The fourth-order valence-corrected chi connectivity index (χ4v) is 2.23. The first kappa shape index (κ1) is 9.65. The van der Waals surface area contributed by atoms with Crippen LogP contribution in [0, 0.1) is 0 Å². The van der Waals surface area contributed by atoms with Gasteiger partial charge in [0.15, 0.2) is 5.79 Å². The van der Waals surface area contributed by atoms with Crippen LogP contribution in [0.5, 0.6) is 0 Å².